The van der Waals surface area contributed by atoms with Gasteiger partial charge in [-0.1, -0.05) is 76.6 Å². The predicted octanol–water partition coefficient (Wildman–Crippen LogP) is 6.10. The lowest BCUT2D eigenvalue weighted by Crippen LogP contribution is -2.59. The van der Waals surface area contributed by atoms with Crippen LogP contribution in [0.2, 0.25) is 18.1 Å². The van der Waals surface area contributed by atoms with Crippen molar-refractivity contribution in [1.29, 1.82) is 0 Å². The van der Waals surface area contributed by atoms with Gasteiger partial charge >= 0.3 is 6.09 Å². The second-order valence-electron chi connectivity index (χ2n) is 10.00. The number of ether oxygens (including phenoxy) is 1. The smallest absolute Gasteiger partial charge is 0.411 e. The van der Waals surface area contributed by atoms with E-state index in [1.807, 2.05) is 36.4 Å². The summed E-state index contributed by atoms with van der Waals surface area (Å²) in [5, 5.41) is 0.0828. The Balaban J connectivity index is 2.28. The molecule has 0 unspecified atom stereocenters. The van der Waals surface area contributed by atoms with E-state index in [0.29, 0.717) is 19.4 Å². The lowest BCUT2D eigenvalue weighted by atomic mass is 9.83. The van der Waals surface area contributed by atoms with Crippen molar-refractivity contribution in [3.63, 3.8) is 0 Å². The maximum absolute atomic E-state index is 13.4. The highest BCUT2D eigenvalue weighted by molar-refractivity contribution is 6.74. The van der Waals surface area contributed by atoms with E-state index < -0.39 is 13.9 Å². The van der Waals surface area contributed by atoms with Crippen LogP contribution in [0.4, 0.5) is 4.79 Å². The lowest BCUT2D eigenvalue weighted by molar-refractivity contribution is -0.110. The van der Waals surface area contributed by atoms with Crippen LogP contribution in [-0.2, 0) is 20.6 Å². The van der Waals surface area contributed by atoms with Crippen molar-refractivity contribution in [2.75, 3.05) is 6.61 Å². The molecule has 0 N–H and O–H groups in total. The zero-order valence-corrected chi connectivity index (χ0v) is 21.0. The van der Waals surface area contributed by atoms with Crippen LogP contribution in [0.3, 0.4) is 0 Å². The van der Waals surface area contributed by atoms with E-state index in [-0.39, 0.29) is 30.2 Å². The monoisotopic (exact) mass is 445 g/mol. The first-order valence-electron chi connectivity index (χ1n) is 11.3. The van der Waals surface area contributed by atoms with Gasteiger partial charge in [-0.2, -0.15) is 0 Å². The molecule has 0 saturated carbocycles. The number of amides is 1. The molecule has 6 heteroatoms. The Morgan fingerprint density at radius 3 is 2.52 bits per heavy atom. The molecule has 1 amide bonds. The van der Waals surface area contributed by atoms with E-state index in [1.54, 1.807) is 4.90 Å². The molecule has 172 valence electrons. The van der Waals surface area contributed by atoms with Gasteiger partial charge in [0, 0.05) is 6.42 Å². The van der Waals surface area contributed by atoms with E-state index in [1.165, 1.54) is 0 Å². The SMILES string of the molecule is CCC[C@]1(CC=O)C=CC[C@H](CO[Si](C)(C)C(C)(C)C)N1C(=O)OCc1ccccc1. The summed E-state index contributed by atoms with van der Waals surface area (Å²) in [6.07, 6.45) is 7.17. The summed E-state index contributed by atoms with van der Waals surface area (Å²) in [7, 11) is -1.98. The van der Waals surface area contributed by atoms with Crippen LogP contribution in [0.5, 0.6) is 0 Å². The molecule has 0 fully saturated rings. The molecule has 2 rings (SSSR count). The van der Waals surface area contributed by atoms with Crippen molar-refractivity contribution in [1.82, 2.24) is 4.90 Å². The van der Waals surface area contributed by atoms with Crippen molar-refractivity contribution in [2.45, 2.75) is 89.7 Å². The Morgan fingerprint density at radius 2 is 1.94 bits per heavy atom. The van der Waals surface area contributed by atoms with Crippen LogP contribution < -0.4 is 0 Å². The third-order valence-corrected chi connectivity index (χ3v) is 11.1. The highest BCUT2D eigenvalue weighted by Crippen LogP contribution is 2.39. The zero-order chi connectivity index (χ0) is 23.1. The van der Waals surface area contributed by atoms with Crippen molar-refractivity contribution < 1.29 is 18.8 Å². The Labute approximate surface area is 188 Å². The van der Waals surface area contributed by atoms with Crippen LogP contribution in [0, 0.1) is 0 Å². The van der Waals surface area contributed by atoms with Crippen LogP contribution >= 0.6 is 0 Å². The number of aldehydes is 1. The second-order valence-corrected chi connectivity index (χ2v) is 14.8. The molecular weight excluding hydrogens is 406 g/mol. The minimum Gasteiger partial charge on any atom is -0.445 e. The zero-order valence-electron chi connectivity index (χ0n) is 20.0. The average Bonchev–Trinajstić information content (AvgIpc) is 2.71. The molecule has 0 aliphatic carbocycles. The van der Waals surface area contributed by atoms with Gasteiger partial charge in [0.15, 0.2) is 8.32 Å². The van der Waals surface area contributed by atoms with Gasteiger partial charge in [0.2, 0.25) is 0 Å². The quantitative estimate of drug-likeness (QED) is 0.262. The molecule has 31 heavy (non-hydrogen) atoms. The first-order valence-corrected chi connectivity index (χ1v) is 14.2. The third kappa shape index (κ3) is 6.29. The maximum atomic E-state index is 13.4. The maximum Gasteiger partial charge on any atom is 0.411 e. The van der Waals surface area contributed by atoms with Gasteiger partial charge in [-0.05, 0) is 36.5 Å². The number of carbonyl (C=O) groups excluding carboxylic acids is 2. The fraction of sp³-hybridized carbons (Fsp3) is 0.600. The van der Waals surface area contributed by atoms with Crippen molar-refractivity contribution in [3.05, 3.63) is 48.0 Å². The van der Waals surface area contributed by atoms with E-state index in [0.717, 1.165) is 18.3 Å². The largest absolute Gasteiger partial charge is 0.445 e. The Bertz CT molecular complexity index is 757. The number of hydrogen-bond acceptors (Lipinski definition) is 4. The Hall–Kier alpha value is -1.92. The molecular formula is C25H39NO4Si. The molecule has 5 nitrogen and oxygen atoms in total. The first kappa shape index (κ1) is 25.3. The number of hydrogen-bond donors (Lipinski definition) is 0. The van der Waals surface area contributed by atoms with Gasteiger partial charge in [-0.15, -0.1) is 0 Å². The van der Waals surface area contributed by atoms with Gasteiger partial charge < -0.3 is 14.0 Å². The van der Waals surface area contributed by atoms with Gasteiger partial charge in [0.05, 0.1) is 18.2 Å². The predicted molar refractivity (Wildman–Crippen MR) is 127 cm³/mol. The summed E-state index contributed by atoms with van der Waals surface area (Å²) in [6.45, 7) is 13.8. The summed E-state index contributed by atoms with van der Waals surface area (Å²) in [6, 6.07) is 9.50. The summed E-state index contributed by atoms with van der Waals surface area (Å²) in [5.41, 5.74) is 0.276. The van der Waals surface area contributed by atoms with Crippen LogP contribution in [0.25, 0.3) is 0 Å². The van der Waals surface area contributed by atoms with E-state index >= 15 is 0 Å². The van der Waals surface area contributed by atoms with Gasteiger partial charge in [0.25, 0.3) is 0 Å². The summed E-state index contributed by atoms with van der Waals surface area (Å²) in [5.74, 6) is 0. The molecule has 1 aromatic rings. The van der Waals surface area contributed by atoms with Crippen molar-refractivity contribution in [2.24, 2.45) is 0 Å². The van der Waals surface area contributed by atoms with Gasteiger partial charge in [-0.3, -0.25) is 4.90 Å². The normalized spacial score (nSPS) is 21.7. The number of nitrogens with zero attached hydrogens (tertiary/aromatic N) is 1. The molecule has 1 heterocycles. The molecule has 0 bridgehead atoms. The summed E-state index contributed by atoms with van der Waals surface area (Å²) in [4.78, 5) is 26.8. The number of carbonyl (C=O) groups is 2. The fourth-order valence-corrected chi connectivity index (χ4v) is 4.87. The lowest BCUT2D eigenvalue weighted by Gasteiger charge is -2.48. The second kappa shape index (κ2) is 10.6. The molecule has 2 atom stereocenters. The van der Waals surface area contributed by atoms with E-state index in [2.05, 4.69) is 46.9 Å². The van der Waals surface area contributed by atoms with Crippen LogP contribution in [0.15, 0.2) is 42.5 Å². The topological polar surface area (TPSA) is 55.8 Å². The highest BCUT2D eigenvalue weighted by Gasteiger charge is 2.45. The molecule has 0 radical (unpaired) electrons. The first-order chi connectivity index (χ1) is 14.6. The molecule has 0 aromatic heterocycles. The molecule has 1 aromatic carbocycles. The highest BCUT2D eigenvalue weighted by atomic mass is 28.4. The fourth-order valence-electron chi connectivity index (χ4n) is 3.83. The van der Waals surface area contributed by atoms with Crippen molar-refractivity contribution >= 4 is 20.7 Å². The van der Waals surface area contributed by atoms with Gasteiger partial charge in [-0.25, -0.2) is 4.79 Å². The van der Waals surface area contributed by atoms with E-state index in [9.17, 15) is 9.59 Å². The molecule has 0 spiro atoms. The summed E-state index contributed by atoms with van der Waals surface area (Å²) < 4.78 is 12.2. The van der Waals surface area contributed by atoms with Crippen LogP contribution in [0.1, 0.15) is 58.9 Å². The number of benzene rings is 1. The Kier molecular flexibility index (Phi) is 8.66. The molecule has 1 aliphatic rings. The third-order valence-electron chi connectivity index (χ3n) is 6.65. The van der Waals surface area contributed by atoms with Crippen LogP contribution in [-0.4, -0.2) is 43.8 Å². The average molecular weight is 446 g/mol. The molecule has 1 aliphatic heterocycles. The van der Waals surface area contributed by atoms with Gasteiger partial charge in [0.1, 0.15) is 12.9 Å². The standard InChI is InChI=1S/C25H39NO4Si/c1-7-15-25(17-18-27)16-11-14-22(20-30-31(5,6)24(2,3)4)26(25)23(28)29-19-21-12-9-8-10-13-21/h8-13,16,18,22H,7,14-15,17,19-20H2,1-6H3/t22-,25-/m1/s1. The minimum absolute atomic E-state index is 0.0828. The summed E-state index contributed by atoms with van der Waals surface area (Å²) >= 11 is 0. The van der Waals surface area contributed by atoms with E-state index in [4.69, 9.17) is 9.16 Å². The van der Waals surface area contributed by atoms with Crippen molar-refractivity contribution in [3.8, 4) is 0 Å². The number of rotatable bonds is 9. The minimum atomic E-state index is -1.98. The Morgan fingerprint density at radius 1 is 1.26 bits per heavy atom. The molecule has 0 saturated heterocycles.